The Labute approximate surface area is 136 Å². The van der Waals surface area contributed by atoms with E-state index in [1.54, 1.807) is 0 Å². The molecular weight excluding hydrogens is 344 g/mol. The van der Waals surface area contributed by atoms with Gasteiger partial charge in [-0.3, -0.25) is 9.36 Å². The van der Waals surface area contributed by atoms with E-state index >= 15 is 0 Å². The fourth-order valence-electron chi connectivity index (χ4n) is 2.33. The predicted molar refractivity (Wildman–Crippen MR) is 89.1 cm³/mol. The maximum atomic E-state index is 10.8. The Bertz CT molecular complexity index is 809. The number of esters is 1. The monoisotopic (exact) mass is 358 g/mol. The Hall–Kier alpha value is -2.14. The molecule has 22 heavy (non-hydrogen) atoms. The fraction of sp³-hybridized carbons (Fsp3) is 0.176. The highest BCUT2D eigenvalue weighted by Gasteiger charge is 2.05. The first-order chi connectivity index (χ1) is 10.6. The summed E-state index contributed by atoms with van der Waals surface area (Å²) in [5, 5.41) is 0. The number of fused-ring (bicyclic) bond motifs is 1. The summed E-state index contributed by atoms with van der Waals surface area (Å²) in [7, 11) is 0. The number of aromatic nitrogens is 2. The molecular formula is C17H15BrN2O2. The van der Waals surface area contributed by atoms with E-state index in [4.69, 9.17) is 4.74 Å². The summed E-state index contributed by atoms with van der Waals surface area (Å²) in [6.45, 7) is 1.84. The van der Waals surface area contributed by atoms with Crippen LogP contribution in [0.4, 0.5) is 0 Å². The Morgan fingerprint density at radius 3 is 2.73 bits per heavy atom. The van der Waals surface area contributed by atoms with Gasteiger partial charge in [0.2, 0.25) is 0 Å². The van der Waals surface area contributed by atoms with E-state index in [-0.39, 0.29) is 5.97 Å². The minimum Gasteiger partial charge on any atom is -0.466 e. The van der Waals surface area contributed by atoms with Gasteiger partial charge in [-0.2, -0.15) is 0 Å². The van der Waals surface area contributed by atoms with Gasteiger partial charge in [0.1, 0.15) is 6.33 Å². The summed E-state index contributed by atoms with van der Waals surface area (Å²) in [5.74, 6) is -0.243. The van der Waals surface area contributed by atoms with Crippen LogP contribution in [0.15, 0.2) is 53.3 Å². The standard InChI is InChI=1S/C17H15BrN2O2/c1-12(21)22-9-8-13-2-5-15(6-3-13)20-11-19-16-10-14(18)4-7-17(16)20/h2-7,10-11H,8-9H2,1H3. The Balaban J connectivity index is 1.81. The molecule has 4 nitrogen and oxygen atoms in total. The number of rotatable bonds is 4. The van der Waals surface area contributed by atoms with Crippen LogP contribution >= 0.6 is 15.9 Å². The molecule has 5 heteroatoms. The minimum absolute atomic E-state index is 0.243. The number of hydrogen-bond donors (Lipinski definition) is 0. The van der Waals surface area contributed by atoms with Gasteiger partial charge in [-0.15, -0.1) is 0 Å². The molecule has 0 radical (unpaired) electrons. The van der Waals surface area contributed by atoms with Crippen LogP contribution in [-0.4, -0.2) is 22.1 Å². The summed E-state index contributed by atoms with van der Waals surface area (Å²) in [4.78, 5) is 15.2. The number of nitrogens with zero attached hydrogens (tertiary/aromatic N) is 2. The Morgan fingerprint density at radius 1 is 1.23 bits per heavy atom. The second kappa shape index (κ2) is 6.32. The lowest BCUT2D eigenvalue weighted by molar-refractivity contribution is -0.140. The summed E-state index contributed by atoms with van der Waals surface area (Å²) >= 11 is 3.46. The van der Waals surface area contributed by atoms with Crippen LogP contribution in [0.25, 0.3) is 16.7 Å². The summed E-state index contributed by atoms with van der Waals surface area (Å²) < 4.78 is 8.03. The molecule has 112 valence electrons. The second-order valence-electron chi connectivity index (χ2n) is 5.00. The Kier molecular flexibility index (Phi) is 4.24. The van der Waals surface area contributed by atoms with Gasteiger partial charge in [0, 0.05) is 23.5 Å². The highest BCUT2D eigenvalue weighted by atomic mass is 79.9. The van der Waals surface area contributed by atoms with Crippen LogP contribution in [0.3, 0.4) is 0 Å². The fourth-order valence-corrected chi connectivity index (χ4v) is 2.68. The van der Waals surface area contributed by atoms with Crippen LogP contribution < -0.4 is 0 Å². The molecule has 1 heterocycles. The average molecular weight is 359 g/mol. The molecule has 0 unspecified atom stereocenters. The Morgan fingerprint density at radius 2 is 2.00 bits per heavy atom. The largest absolute Gasteiger partial charge is 0.466 e. The van der Waals surface area contributed by atoms with Crippen molar-refractivity contribution in [1.82, 2.24) is 9.55 Å². The van der Waals surface area contributed by atoms with Crippen molar-refractivity contribution in [3.05, 3.63) is 58.8 Å². The number of benzene rings is 2. The van der Waals surface area contributed by atoms with E-state index in [1.807, 2.05) is 48.8 Å². The number of ether oxygens (including phenoxy) is 1. The van der Waals surface area contributed by atoms with Crippen molar-refractivity contribution in [1.29, 1.82) is 0 Å². The van der Waals surface area contributed by atoms with Crippen LogP contribution in [0, 0.1) is 0 Å². The van der Waals surface area contributed by atoms with E-state index in [2.05, 4.69) is 25.5 Å². The molecule has 0 saturated heterocycles. The SMILES string of the molecule is CC(=O)OCCc1ccc(-n2cnc3cc(Br)ccc32)cc1. The van der Waals surface area contributed by atoms with Gasteiger partial charge < -0.3 is 4.74 Å². The third kappa shape index (κ3) is 3.20. The molecule has 0 aliphatic carbocycles. The highest BCUT2D eigenvalue weighted by Crippen LogP contribution is 2.22. The first kappa shape index (κ1) is 14.8. The molecule has 0 atom stereocenters. The van der Waals surface area contributed by atoms with Crippen molar-refractivity contribution in [2.75, 3.05) is 6.61 Å². The van der Waals surface area contributed by atoms with E-state index in [9.17, 15) is 4.79 Å². The zero-order valence-corrected chi connectivity index (χ0v) is 13.7. The van der Waals surface area contributed by atoms with Crippen LogP contribution in [-0.2, 0) is 16.0 Å². The van der Waals surface area contributed by atoms with Crippen LogP contribution in [0.1, 0.15) is 12.5 Å². The van der Waals surface area contributed by atoms with E-state index < -0.39 is 0 Å². The summed E-state index contributed by atoms with van der Waals surface area (Å²) in [6.07, 6.45) is 2.54. The first-order valence-electron chi connectivity index (χ1n) is 6.99. The first-order valence-corrected chi connectivity index (χ1v) is 7.78. The third-order valence-electron chi connectivity index (χ3n) is 3.42. The molecule has 0 aliphatic rings. The molecule has 0 amide bonds. The lowest BCUT2D eigenvalue weighted by atomic mass is 10.1. The van der Waals surface area contributed by atoms with Crippen molar-refractivity contribution in [3.8, 4) is 5.69 Å². The minimum atomic E-state index is -0.243. The maximum absolute atomic E-state index is 10.8. The van der Waals surface area contributed by atoms with E-state index in [0.717, 1.165) is 33.2 Å². The van der Waals surface area contributed by atoms with Gasteiger partial charge in [0.05, 0.1) is 17.6 Å². The number of hydrogen-bond acceptors (Lipinski definition) is 3. The van der Waals surface area contributed by atoms with Crippen LogP contribution in [0.2, 0.25) is 0 Å². The number of carbonyl (C=O) groups is 1. The van der Waals surface area contributed by atoms with Gasteiger partial charge in [-0.25, -0.2) is 4.98 Å². The van der Waals surface area contributed by atoms with E-state index in [0.29, 0.717) is 6.61 Å². The molecule has 0 N–H and O–H groups in total. The van der Waals surface area contributed by atoms with Crippen molar-refractivity contribution in [3.63, 3.8) is 0 Å². The lowest BCUT2D eigenvalue weighted by Gasteiger charge is -2.07. The van der Waals surface area contributed by atoms with Gasteiger partial charge in [-0.1, -0.05) is 28.1 Å². The van der Waals surface area contributed by atoms with Crippen molar-refractivity contribution in [2.45, 2.75) is 13.3 Å². The van der Waals surface area contributed by atoms with Gasteiger partial charge in [-0.05, 0) is 35.9 Å². The molecule has 0 spiro atoms. The zero-order chi connectivity index (χ0) is 15.5. The molecule has 3 aromatic rings. The van der Waals surface area contributed by atoms with Gasteiger partial charge in [0.25, 0.3) is 0 Å². The van der Waals surface area contributed by atoms with E-state index in [1.165, 1.54) is 6.92 Å². The summed E-state index contributed by atoms with van der Waals surface area (Å²) in [5.41, 5.74) is 4.21. The van der Waals surface area contributed by atoms with Crippen molar-refractivity contribution < 1.29 is 9.53 Å². The topological polar surface area (TPSA) is 44.1 Å². The molecule has 0 saturated carbocycles. The molecule has 0 fully saturated rings. The second-order valence-corrected chi connectivity index (χ2v) is 5.92. The number of carbonyl (C=O) groups excluding carboxylic acids is 1. The van der Waals surface area contributed by atoms with Gasteiger partial charge in [0.15, 0.2) is 0 Å². The predicted octanol–water partition coefficient (Wildman–Crippen LogP) is 3.89. The highest BCUT2D eigenvalue weighted by molar-refractivity contribution is 9.10. The van der Waals surface area contributed by atoms with Crippen LogP contribution in [0.5, 0.6) is 0 Å². The molecule has 0 bridgehead atoms. The zero-order valence-electron chi connectivity index (χ0n) is 12.1. The maximum Gasteiger partial charge on any atom is 0.302 e. The normalized spacial score (nSPS) is 10.8. The van der Waals surface area contributed by atoms with Crippen molar-refractivity contribution >= 4 is 32.9 Å². The summed E-state index contributed by atoms with van der Waals surface area (Å²) in [6, 6.07) is 14.2. The number of halogens is 1. The third-order valence-corrected chi connectivity index (χ3v) is 3.91. The average Bonchev–Trinajstić information content (AvgIpc) is 2.90. The number of imidazole rings is 1. The molecule has 3 rings (SSSR count). The molecule has 1 aromatic heterocycles. The van der Waals surface area contributed by atoms with Gasteiger partial charge >= 0.3 is 5.97 Å². The lowest BCUT2D eigenvalue weighted by Crippen LogP contribution is -2.03. The molecule has 0 aliphatic heterocycles. The molecule has 2 aromatic carbocycles. The quantitative estimate of drug-likeness (QED) is 0.664. The smallest absolute Gasteiger partial charge is 0.302 e. The van der Waals surface area contributed by atoms with Crippen molar-refractivity contribution in [2.24, 2.45) is 0 Å².